The van der Waals surface area contributed by atoms with Crippen LogP contribution < -0.4 is 0 Å². The lowest BCUT2D eigenvalue weighted by molar-refractivity contribution is 0.894. The molecule has 0 aromatic carbocycles. The highest BCUT2D eigenvalue weighted by molar-refractivity contribution is 14.1. The fraction of sp³-hybridized carbons (Fsp3) is 0.300. The minimum absolute atomic E-state index is 0.998. The van der Waals surface area contributed by atoms with Crippen LogP contribution in [0, 0.1) is 10.5 Å². The van der Waals surface area contributed by atoms with E-state index in [1.165, 1.54) is 14.7 Å². The highest BCUT2D eigenvalue weighted by atomic mass is 127. The third kappa shape index (κ3) is 1.45. The Morgan fingerprint density at radius 1 is 1.54 bits per heavy atom. The number of hydrogen-bond acceptors (Lipinski definition) is 1. The molecule has 2 nitrogen and oxygen atoms in total. The van der Waals surface area contributed by atoms with Crippen LogP contribution in [0.4, 0.5) is 0 Å². The second-order valence-corrected chi connectivity index (χ2v) is 4.27. The summed E-state index contributed by atoms with van der Waals surface area (Å²) >= 11 is 2.35. The third-order valence-electron chi connectivity index (χ3n) is 2.25. The molecule has 0 saturated heterocycles. The molecule has 68 valence electrons. The Balaban J connectivity index is 2.76. The molecule has 0 unspecified atom stereocenters. The summed E-state index contributed by atoms with van der Waals surface area (Å²) in [6, 6.07) is 4.26. The van der Waals surface area contributed by atoms with Crippen LogP contribution in [0.3, 0.4) is 0 Å². The monoisotopic (exact) mass is 286 g/mol. The summed E-state index contributed by atoms with van der Waals surface area (Å²) in [7, 11) is 0. The van der Waals surface area contributed by atoms with Crippen molar-refractivity contribution in [1.29, 1.82) is 0 Å². The van der Waals surface area contributed by atoms with Gasteiger partial charge in [-0.1, -0.05) is 6.92 Å². The minimum Gasteiger partial charge on any atom is -0.240 e. The number of nitrogens with zero attached hydrogens (tertiary/aromatic N) is 2. The first-order valence-electron chi connectivity index (χ1n) is 4.35. The van der Waals surface area contributed by atoms with Gasteiger partial charge in [-0.3, -0.25) is 0 Å². The van der Waals surface area contributed by atoms with Crippen LogP contribution in [0.1, 0.15) is 18.2 Å². The Labute approximate surface area is 91.1 Å². The molecule has 2 rings (SSSR count). The SMILES string of the molecule is CCc1cc2c(C)c(I)ccn2n1. The lowest BCUT2D eigenvalue weighted by Crippen LogP contribution is -1.91. The van der Waals surface area contributed by atoms with Crippen LogP contribution in [0.15, 0.2) is 18.3 Å². The molecule has 0 spiro atoms. The zero-order chi connectivity index (χ0) is 9.42. The number of fused-ring (bicyclic) bond motifs is 1. The van der Waals surface area contributed by atoms with Gasteiger partial charge in [0, 0.05) is 9.77 Å². The third-order valence-corrected chi connectivity index (χ3v) is 3.42. The van der Waals surface area contributed by atoms with Gasteiger partial charge in [-0.2, -0.15) is 5.10 Å². The van der Waals surface area contributed by atoms with E-state index in [9.17, 15) is 0 Å². The van der Waals surface area contributed by atoms with Crippen molar-refractivity contribution in [1.82, 2.24) is 9.61 Å². The number of pyridine rings is 1. The molecule has 0 atom stereocenters. The maximum atomic E-state index is 4.45. The molecule has 0 fully saturated rings. The molecule has 2 aromatic heterocycles. The first-order valence-corrected chi connectivity index (χ1v) is 5.43. The second-order valence-electron chi connectivity index (χ2n) is 3.11. The number of aryl methyl sites for hydroxylation is 2. The Kier molecular flexibility index (Phi) is 2.27. The number of aromatic nitrogens is 2. The van der Waals surface area contributed by atoms with Crippen molar-refractivity contribution in [3.63, 3.8) is 0 Å². The van der Waals surface area contributed by atoms with E-state index in [1.807, 2.05) is 10.7 Å². The van der Waals surface area contributed by atoms with E-state index in [1.54, 1.807) is 0 Å². The van der Waals surface area contributed by atoms with Gasteiger partial charge >= 0.3 is 0 Å². The van der Waals surface area contributed by atoms with Crippen LogP contribution in [-0.4, -0.2) is 9.61 Å². The van der Waals surface area contributed by atoms with Gasteiger partial charge in [0.25, 0.3) is 0 Å². The van der Waals surface area contributed by atoms with Crippen molar-refractivity contribution >= 4 is 28.1 Å². The molecule has 0 saturated carbocycles. The quantitative estimate of drug-likeness (QED) is 0.737. The zero-order valence-electron chi connectivity index (χ0n) is 7.71. The fourth-order valence-electron chi connectivity index (χ4n) is 1.39. The largest absolute Gasteiger partial charge is 0.240 e. The molecule has 2 heterocycles. The summed E-state index contributed by atoms with van der Waals surface area (Å²) < 4.78 is 3.25. The Hall–Kier alpha value is -0.580. The van der Waals surface area contributed by atoms with E-state index in [-0.39, 0.29) is 0 Å². The molecule has 0 aliphatic carbocycles. The standard InChI is InChI=1S/C10H11IN2/c1-3-8-6-10-7(2)9(11)4-5-13(10)12-8/h4-6H,3H2,1-2H3. The van der Waals surface area contributed by atoms with Crippen LogP contribution in [0.2, 0.25) is 0 Å². The maximum Gasteiger partial charge on any atom is 0.0704 e. The lowest BCUT2D eigenvalue weighted by Gasteiger charge is -1.99. The maximum absolute atomic E-state index is 4.45. The minimum atomic E-state index is 0.998. The van der Waals surface area contributed by atoms with Crippen molar-refractivity contribution < 1.29 is 0 Å². The van der Waals surface area contributed by atoms with Crippen molar-refractivity contribution in [3.8, 4) is 0 Å². The molecule has 0 aliphatic rings. The number of hydrogen-bond donors (Lipinski definition) is 0. The topological polar surface area (TPSA) is 17.3 Å². The first kappa shape index (κ1) is 8.99. The summed E-state index contributed by atoms with van der Waals surface area (Å²) in [5.74, 6) is 0. The molecule has 0 radical (unpaired) electrons. The first-order chi connectivity index (χ1) is 6.22. The fourth-order valence-corrected chi connectivity index (χ4v) is 1.83. The smallest absolute Gasteiger partial charge is 0.0704 e. The van der Waals surface area contributed by atoms with Crippen molar-refractivity contribution in [2.75, 3.05) is 0 Å². The van der Waals surface area contributed by atoms with Gasteiger partial charge in [-0.15, -0.1) is 0 Å². The summed E-state index contributed by atoms with van der Waals surface area (Å²) in [5, 5.41) is 4.45. The Morgan fingerprint density at radius 2 is 2.31 bits per heavy atom. The molecule has 0 aliphatic heterocycles. The van der Waals surface area contributed by atoms with E-state index in [2.05, 4.69) is 53.7 Å². The Morgan fingerprint density at radius 3 is 3.00 bits per heavy atom. The summed E-state index contributed by atoms with van der Waals surface area (Å²) in [6.45, 7) is 4.26. The second kappa shape index (κ2) is 3.29. The molecular weight excluding hydrogens is 275 g/mol. The molecule has 0 amide bonds. The van der Waals surface area contributed by atoms with Crippen LogP contribution in [0.5, 0.6) is 0 Å². The zero-order valence-corrected chi connectivity index (χ0v) is 9.87. The van der Waals surface area contributed by atoms with Crippen molar-refractivity contribution in [2.24, 2.45) is 0 Å². The number of rotatable bonds is 1. The molecule has 0 N–H and O–H groups in total. The van der Waals surface area contributed by atoms with Gasteiger partial charge < -0.3 is 0 Å². The van der Waals surface area contributed by atoms with E-state index >= 15 is 0 Å². The highest BCUT2D eigenvalue weighted by Crippen LogP contribution is 2.17. The molecule has 0 bridgehead atoms. The van der Waals surface area contributed by atoms with Crippen LogP contribution >= 0.6 is 22.6 Å². The van der Waals surface area contributed by atoms with Gasteiger partial charge in [0.2, 0.25) is 0 Å². The molecule has 2 aromatic rings. The summed E-state index contributed by atoms with van der Waals surface area (Å²) in [5.41, 5.74) is 3.70. The van der Waals surface area contributed by atoms with Gasteiger partial charge in [-0.25, -0.2) is 4.52 Å². The average molecular weight is 286 g/mol. The molecular formula is C10H11IN2. The van der Waals surface area contributed by atoms with E-state index in [0.29, 0.717) is 0 Å². The van der Waals surface area contributed by atoms with Crippen LogP contribution in [-0.2, 0) is 6.42 Å². The van der Waals surface area contributed by atoms with Crippen molar-refractivity contribution in [3.05, 3.63) is 33.2 Å². The van der Waals surface area contributed by atoms with Crippen LogP contribution in [0.25, 0.3) is 5.52 Å². The van der Waals surface area contributed by atoms with Gasteiger partial charge in [-0.05, 0) is 53.6 Å². The Bertz CT molecular complexity index is 445. The van der Waals surface area contributed by atoms with E-state index in [0.717, 1.165) is 12.1 Å². The molecule has 3 heteroatoms. The molecule has 13 heavy (non-hydrogen) atoms. The number of halogens is 1. The predicted octanol–water partition coefficient (Wildman–Crippen LogP) is 2.81. The van der Waals surface area contributed by atoms with Gasteiger partial charge in [0.15, 0.2) is 0 Å². The lowest BCUT2D eigenvalue weighted by atomic mass is 10.2. The van der Waals surface area contributed by atoms with Gasteiger partial charge in [0.05, 0.1) is 11.2 Å². The van der Waals surface area contributed by atoms with Gasteiger partial charge in [0.1, 0.15) is 0 Å². The average Bonchev–Trinajstić information content (AvgIpc) is 2.55. The normalized spacial score (nSPS) is 11.0. The van der Waals surface area contributed by atoms with E-state index < -0.39 is 0 Å². The summed E-state index contributed by atoms with van der Waals surface area (Å²) in [6.07, 6.45) is 3.01. The summed E-state index contributed by atoms with van der Waals surface area (Å²) in [4.78, 5) is 0. The van der Waals surface area contributed by atoms with E-state index in [4.69, 9.17) is 0 Å². The predicted molar refractivity (Wildman–Crippen MR) is 62.0 cm³/mol. The highest BCUT2D eigenvalue weighted by Gasteiger charge is 2.04. The van der Waals surface area contributed by atoms with Crippen molar-refractivity contribution in [2.45, 2.75) is 20.3 Å².